The van der Waals surface area contributed by atoms with Gasteiger partial charge in [-0.1, -0.05) is 0 Å². The van der Waals surface area contributed by atoms with Gasteiger partial charge < -0.3 is 20.6 Å². The Morgan fingerprint density at radius 3 is 2.87 bits per heavy atom. The van der Waals surface area contributed by atoms with Crippen LogP contribution >= 0.6 is 0 Å². The zero-order valence-electron chi connectivity index (χ0n) is 13.0. The Morgan fingerprint density at radius 2 is 2.17 bits per heavy atom. The number of benzene rings is 1. The maximum absolute atomic E-state index is 10.4. The number of aryl methyl sites for hydroxylation is 1. The minimum atomic E-state index is -0.926. The van der Waals surface area contributed by atoms with E-state index in [0.717, 1.165) is 6.42 Å². The number of phenols is 1. The number of hydrogen-bond donors (Lipinski definition) is 5. The number of nitrogens with zero attached hydrogens (tertiary/aromatic N) is 3. The third-order valence-electron chi connectivity index (χ3n) is 4.08. The number of aromatic hydroxyl groups is 1. The number of anilines is 1. The predicted octanol–water partition coefficient (Wildman–Crippen LogP) is 0.409. The molecule has 0 aromatic heterocycles. The molecule has 0 amide bonds. The van der Waals surface area contributed by atoms with Crippen molar-refractivity contribution in [3.05, 3.63) is 17.7 Å². The molecule has 0 aliphatic carbocycles. The molecule has 2 aliphatic rings. The zero-order chi connectivity index (χ0) is 16.6. The van der Waals surface area contributed by atoms with Crippen LogP contribution in [0.5, 0.6) is 5.75 Å². The minimum absolute atomic E-state index is 0.0509. The second kappa shape index (κ2) is 6.15. The second-order valence-electron chi connectivity index (χ2n) is 5.67. The van der Waals surface area contributed by atoms with E-state index in [2.05, 4.69) is 10.3 Å². The highest BCUT2D eigenvalue weighted by molar-refractivity contribution is 6.43. The quantitative estimate of drug-likeness (QED) is 0.549. The number of rotatable bonds is 4. The summed E-state index contributed by atoms with van der Waals surface area (Å²) in [6.45, 7) is 3.43. The van der Waals surface area contributed by atoms with Crippen LogP contribution in [0.4, 0.5) is 11.4 Å². The predicted molar refractivity (Wildman–Crippen MR) is 87.3 cm³/mol. The van der Waals surface area contributed by atoms with E-state index in [-0.39, 0.29) is 18.2 Å². The Bertz CT molecular complexity index is 661. The smallest absolute Gasteiger partial charge is 0.170 e. The molecule has 2 heterocycles. The molecule has 124 valence electrons. The number of amidine groups is 1. The highest BCUT2D eigenvalue weighted by Crippen LogP contribution is 2.34. The van der Waals surface area contributed by atoms with Crippen molar-refractivity contribution in [3.63, 3.8) is 0 Å². The van der Waals surface area contributed by atoms with Crippen LogP contribution in [0.3, 0.4) is 0 Å². The lowest BCUT2D eigenvalue weighted by Crippen LogP contribution is -2.36. The van der Waals surface area contributed by atoms with Gasteiger partial charge >= 0.3 is 0 Å². The van der Waals surface area contributed by atoms with Gasteiger partial charge in [0.05, 0.1) is 18.0 Å². The molecule has 0 radical (unpaired) electrons. The monoisotopic (exact) mass is 319 g/mol. The van der Waals surface area contributed by atoms with E-state index < -0.39 is 6.23 Å². The molecule has 1 aromatic rings. The van der Waals surface area contributed by atoms with Gasteiger partial charge in [-0.3, -0.25) is 10.4 Å². The summed E-state index contributed by atoms with van der Waals surface area (Å²) < 4.78 is 0. The Kier molecular flexibility index (Phi) is 4.20. The average molecular weight is 319 g/mol. The molecule has 1 aromatic carbocycles. The molecular formula is C15H21N5O3. The second-order valence-corrected chi connectivity index (χ2v) is 5.67. The molecule has 2 saturated heterocycles. The summed E-state index contributed by atoms with van der Waals surface area (Å²) in [7, 11) is 0. The fourth-order valence-corrected chi connectivity index (χ4v) is 2.87. The fraction of sp³-hybridized carbons (Fsp3) is 0.467. The van der Waals surface area contributed by atoms with Crippen molar-refractivity contribution < 1.29 is 15.3 Å². The maximum atomic E-state index is 10.4. The van der Waals surface area contributed by atoms with Crippen molar-refractivity contribution in [1.82, 2.24) is 10.0 Å². The van der Waals surface area contributed by atoms with Gasteiger partial charge in [0.15, 0.2) is 12.1 Å². The van der Waals surface area contributed by atoms with Crippen LogP contribution in [0.2, 0.25) is 0 Å². The van der Waals surface area contributed by atoms with Crippen LogP contribution in [-0.2, 0) is 0 Å². The van der Waals surface area contributed by atoms with E-state index in [1.807, 2.05) is 0 Å². The summed E-state index contributed by atoms with van der Waals surface area (Å²) in [6, 6.07) is 3.23. The lowest BCUT2D eigenvalue weighted by Gasteiger charge is -2.20. The molecular weight excluding hydrogens is 298 g/mol. The van der Waals surface area contributed by atoms with Crippen molar-refractivity contribution in [2.24, 2.45) is 4.99 Å². The van der Waals surface area contributed by atoms with Gasteiger partial charge in [0, 0.05) is 25.7 Å². The number of aliphatic hydroxyl groups excluding tert-OH is 2. The van der Waals surface area contributed by atoms with Gasteiger partial charge in [-0.2, -0.15) is 5.01 Å². The number of nitrogens with one attached hydrogen (secondary N) is 2. The first kappa shape index (κ1) is 15.7. The first-order valence-electron chi connectivity index (χ1n) is 7.61. The largest absolute Gasteiger partial charge is 0.508 e. The first-order chi connectivity index (χ1) is 11.0. The van der Waals surface area contributed by atoms with Crippen LogP contribution < -0.4 is 5.32 Å². The summed E-state index contributed by atoms with van der Waals surface area (Å²) in [6.07, 6.45) is -0.0151. The van der Waals surface area contributed by atoms with E-state index in [9.17, 15) is 10.2 Å². The molecule has 1 atom stereocenters. The van der Waals surface area contributed by atoms with E-state index in [1.165, 1.54) is 6.07 Å². The maximum Gasteiger partial charge on any atom is 0.170 e. The summed E-state index contributed by atoms with van der Waals surface area (Å²) in [4.78, 5) is 4.46. The minimum Gasteiger partial charge on any atom is -0.508 e. The summed E-state index contributed by atoms with van der Waals surface area (Å²) >= 11 is 0. The number of hydrazine groups is 1. The molecule has 8 heteroatoms. The number of phenolic OH excluding ortho intramolecular Hbond substituents is 1. The molecule has 5 N–H and O–H groups in total. The van der Waals surface area contributed by atoms with Crippen LogP contribution in [0.1, 0.15) is 12.0 Å². The topological polar surface area (TPSA) is 115 Å². The highest BCUT2D eigenvalue weighted by atomic mass is 16.3. The van der Waals surface area contributed by atoms with Crippen molar-refractivity contribution in [2.45, 2.75) is 19.6 Å². The zero-order valence-corrected chi connectivity index (χ0v) is 13.0. The molecule has 23 heavy (non-hydrogen) atoms. The third kappa shape index (κ3) is 2.76. The Morgan fingerprint density at radius 1 is 1.39 bits per heavy atom. The van der Waals surface area contributed by atoms with E-state index in [1.54, 1.807) is 23.0 Å². The first-order valence-corrected chi connectivity index (χ1v) is 7.61. The van der Waals surface area contributed by atoms with Crippen LogP contribution in [0.15, 0.2) is 17.1 Å². The van der Waals surface area contributed by atoms with Crippen LogP contribution in [-0.4, -0.2) is 69.4 Å². The summed E-state index contributed by atoms with van der Waals surface area (Å²) in [5.74, 6) is 0.328. The lowest BCUT2D eigenvalue weighted by molar-refractivity contribution is -0.0122. The number of aliphatic imine (C=N–C) groups is 1. The molecule has 3 rings (SSSR count). The number of hydrogen-bond acceptors (Lipinski definition) is 7. The number of fused-ring (bicyclic) bond motifs is 1. The summed E-state index contributed by atoms with van der Waals surface area (Å²) in [5, 5.41) is 43.9. The molecule has 0 spiro atoms. The van der Waals surface area contributed by atoms with E-state index >= 15 is 0 Å². The lowest BCUT2D eigenvalue weighted by atomic mass is 10.1. The number of aliphatic hydroxyl groups is 2. The Balaban J connectivity index is 1.98. The van der Waals surface area contributed by atoms with Gasteiger partial charge in [0.1, 0.15) is 11.5 Å². The van der Waals surface area contributed by atoms with Crippen LogP contribution in [0.25, 0.3) is 0 Å². The highest BCUT2D eigenvalue weighted by Gasteiger charge is 2.42. The Labute approximate surface area is 134 Å². The van der Waals surface area contributed by atoms with Gasteiger partial charge in [0.25, 0.3) is 0 Å². The summed E-state index contributed by atoms with van der Waals surface area (Å²) in [5.41, 5.74) is 2.02. The standard InChI is InChI=1S/C15H21N5O3/c1-9-7-11(10(8-12(9)22)17-3-6-21)18-13-14(16)19-4-2-5-20(19)15(13)23/h7-8,15-17,21-23H,2-6H2,1H3. The average Bonchev–Trinajstić information content (AvgIpc) is 3.09. The van der Waals surface area contributed by atoms with E-state index in [0.29, 0.717) is 42.3 Å². The van der Waals surface area contributed by atoms with Crippen LogP contribution in [0, 0.1) is 12.3 Å². The SMILES string of the molecule is Cc1cc(N=C2C(=N)N3CCCN3C2O)c(NCCO)cc1O. The molecule has 1 unspecified atom stereocenters. The van der Waals surface area contributed by atoms with Gasteiger partial charge in [-0.05, 0) is 25.0 Å². The molecule has 2 aliphatic heterocycles. The molecule has 0 saturated carbocycles. The fourth-order valence-electron chi connectivity index (χ4n) is 2.87. The van der Waals surface area contributed by atoms with Gasteiger partial charge in [-0.25, -0.2) is 4.99 Å². The van der Waals surface area contributed by atoms with E-state index in [4.69, 9.17) is 10.5 Å². The molecule has 2 fully saturated rings. The third-order valence-corrected chi connectivity index (χ3v) is 4.08. The van der Waals surface area contributed by atoms with Crippen molar-refractivity contribution in [3.8, 4) is 5.75 Å². The van der Waals surface area contributed by atoms with Crippen molar-refractivity contribution in [2.75, 3.05) is 31.6 Å². The van der Waals surface area contributed by atoms with Crippen molar-refractivity contribution in [1.29, 1.82) is 5.41 Å². The molecule has 8 nitrogen and oxygen atoms in total. The van der Waals surface area contributed by atoms with Gasteiger partial charge in [0.2, 0.25) is 0 Å². The normalized spacial score (nSPS) is 22.9. The molecule has 0 bridgehead atoms. The van der Waals surface area contributed by atoms with Crippen molar-refractivity contribution >= 4 is 22.9 Å². The van der Waals surface area contributed by atoms with Gasteiger partial charge in [-0.15, -0.1) is 0 Å². The Hall–Kier alpha value is -2.16.